The van der Waals surface area contributed by atoms with Crippen LogP contribution in [0, 0.1) is 6.92 Å². The number of hydrogen-bond donors (Lipinski definition) is 1. The third-order valence-corrected chi connectivity index (χ3v) is 6.22. The minimum absolute atomic E-state index is 0.0442. The molecule has 1 amide bonds. The number of ether oxygens (including phenoxy) is 1. The number of fused-ring (bicyclic) bond motifs is 2. The van der Waals surface area contributed by atoms with Gasteiger partial charge in [0.25, 0.3) is 5.91 Å². The highest BCUT2D eigenvalue weighted by Crippen LogP contribution is 2.32. The Balaban J connectivity index is 1.26. The zero-order valence-corrected chi connectivity index (χ0v) is 17.8. The van der Waals surface area contributed by atoms with E-state index in [4.69, 9.17) is 9.72 Å². The zero-order valence-electron chi connectivity index (χ0n) is 17.0. The summed E-state index contributed by atoms with van der Waals surface area (Å²) in [6.45, 7) is 1.94. The minimum atomic E-state index is -0.191. The van der Waals surface area contributed by atoms with Crippen molar-refractivity contribution in [3.63, 3.8) is 0 Å². The number of aryl methyl sites for hydroxylation is 1. The molecule has 0 saturated carbocycles. The van der Waals surface area contributed by atoms with Crippen molar-refractivity contribution in [1.29, 1.82) is 0 Å². The van der Waals surface area contributed by atoms with Crippen molar-refractivity contribution in [2.24, 2.45) is 0 Å². The van der Waals surface area contributed by atoms with Crippen LogP contribution in [0.2, 0.25) is 0 Å². The molecule has 0 fully saturated rings. The van der Waals surface area contributed by atoms with Crippen LogP contribution >= 0.6 is 11.3 Å². The molecule has 0 atom stereocenters. The molecule has 5 heteroatoms. The van der Waals surface area contributed by atoms with Gasteiger partial charge in [-0.2, -0.15) is 0 Å². The average Bonchev–Trinajstić information content (AvgIpc) is 3.23. The van der Waals surface area contributed by atoms with Crippen LogP contribution in [0.5, 0.6) is 5.75 Å². The predicted octanol–water partition coefficient (Wildman–Crippen LogP) is 6.44. The topological polar surface area (TPSA) is 51.2 Å². The summed E-state index contributed by atoms with van der Waals surface area (Å²) in [5.74, 6) is 0.487. The number of aromatic nitrogens is 1. The third-order valence-electron chi connectivity index (χ3n) is 5.13. The zero-order chi connectivity index (χ0) is 21.2. The van der Waals surface area contributed by atoms with Crippen molar-refractivity contribution in [2.45, 2.75) is 6.92 Å². The van der Waals surface area contributed by atoms with Crippen molar-refractivity contribution in [1.82, 2.24) is 4.98 Å². The number of nitrogens with zero attached hydrogens (tertiary/aromatic N) is 1. The van der Waals surface area contributed by atoms with E-state index in [0.29, 0.717) is 5.75 Å². The van der Waals surface area contributed by atoms with Gasteiger partial charge in [-0.3, -0.25) is 4.79 Å². The summed E-state index contributed by atoms with van der Waals surface area (Å²) in [5.41, 5.74) is 3.81. The molecule has 5 aromatic rings. The van der Waals surface area contributed by atoms with E-state index in [1.807, 2.05) is 79.7 Å². The molecular weight excluding hydrogens is 404 g/mol. The summed E-state index contributed by atoms with van der Waals surface area (Å²) in [7, 11) is 0. The quantitative estimate of drug-likeness (QED) is 0.353. The van der Waals surface area contributed by atoms with Crippen LogP contribution in [-0.2, 0) is 4.79 Å². The molecule has 1 heterocycles. The molecule has 0 radical (unpaired) electrons. The molecule has 1 aromatic heterocycles. The Morgan fingerprint density at radius 2 is 1.74 bits per heavy atom. The maximum Gasteiger partial charge on any atom is 0.262 e. The number of hydrogen-bond acceptors (Lipinski definition) is 4. The van der Waals surface area contributed by atoms with Gasteiger partial charge in [-0.15, -0.1) is 11.3 Å². The second kappa shape index (κ2) is 8.20. The number of benzene rings is 4. The fourth-order valence-electron chi connectivity index (χ4n) is 3.52. The van der Waals surface area contributed by atoms with Gasteiger partial charge in [0.05, 0.1) is 10.2 Å². The highest BCUT2D eigenvalue weighted by Gasteiger charge is 2.10. The first kappa shape index (κ1) is 19.3. The summed E-state index contributed by atoms with van der Waals surface area (Å²) < 4.78 is 6.86. The SMILES string of the molecule is Cc1cc(-c2nc3ccccc3s2)ccc1NC(=O)COc1ccc2ccccc2c1. The maximum absolute atomic E-state index is 12.4. The van der Waals surface area contributed by atoms with Gasteiger partial charge in [-0.05, 0) is 65.7 Å². The Hall–Kier alpha value is -3.70. The number of rotatable bonds is 5. The van der Waals surface area contributed by atoms with E-state index < -0.39 is 0 Å². The first-order chi connectivity index (χ1) is 15.2. The molecule has 0 aliphatic rings. The molecule has 0 aliphatic carbocycles. The number of carbonyl (C=O) groups excluding carboxylic acids is 1. The molecule has 31 heavy (non-hydrogen) atoms. The highest BCUT2D eigenvalue weighted by molar-refractivity contribution is 7.21. The molecule has 152 valence electrons. The van der Waals surface area contributed by atoms with Gasteiger partial charge < -0.3 is 10.1 Å². The molecule has 0 unspecified atom stereocenters. The van der Waals surface area contributed by atoms with Crippen LogP contribution in [0.25, 0.3) is 31.6 Å². The summed E-state index contributed by atoms with van der Waals surface area (Å²) >= 11 is 1.67. The van der Waals surface area contributed by atoms with E-state index in [9.17, 15) is 4.79 Å². The molecule has 0 aliphatic heterocycles. The van der Waals surface area contributed by atoms with Crippen LogP contribution in [0.3, 0.4) is 0 Å². The van der Waals surface area contributed by atoms with Gasteiger partial charge in [-0.1, -0.05) is 42.5 Å². The molecule has 4 aromatic carbocycles. The second-order valence-corrected chi connectivity index (χ2v) is 8.39. The van der Waals surface area contributed by atoms with Crippen molar-refractivity contribution in [2.75, 3.05) is 11.9 Å². The summed E-state index contributed by atoms with van der Waals surface area (Å²) in [6, 6.07) is 28.0. The fraction of sp³-hybridized carbons (Fsp3) is 0.0769. The lowest BCUT2D eigenvalue weighted by atomic mass is 10.1. The summed E-state index contributed by atoms with van der Waals surface area (Å²) in [5, 5.41) is 6.14. The third kappa shape index (κ3) is 4.13. The van der Waals surface area contributed by atoms with Gasteiger partial charge >= 0.3 is 0 Å². The minimum Gasteiger partial charge on any atom is -0.484 e. The lowest BCUT2D eigenvalue weighted by molar-refractivity contribution is -0.118. The highest BCUT2D eigenvalue weighted by atomic mass is 32.1. The maximum atomic E-state index is 12.4. The second-order valence-electron chi connectivity index (χ2n) is 7.36. The number of para-hydroxylation sites is 1. The van der Waals surface area contributed by atoms with E-state index in [2.05, 4.69) is 17.4 Å². The molecule has 1 N–H and O–H groups in total. The van der Waals surface area contributed by atoms with Crippen molar-refractivity contribution < 1.29 is 9.53 Å². The van der Waals surface area contributed by atoms with Crippen LogP contribution in [-0.4, -0.2) is 17.5 Å². The fourth-order valence-corrected chi connectivity index (χ4v) is 4.49. The van der Waals surface area contributed by atoms with Crippen molar-refractivity contribution in [3.8, 4) is 16.3 Å². The lowest BCUT2D eigenvalue weighted by Gasteiger charge is -2.11. The monoisotopic (exact) mass is 424 g/mol. The number of nitrogens with one attached hydrogen (secondary N) is 1. The number of amides is 1. The number of thiazole rings is 1. The molecule has 0 bridgehead atoms. The number of anilines is 1. The summed E-state index contributed by atoms with van der Waals surface area (Å²) in [6.07, 6.45) is 0. The van der Waals surface area contributed by atoms with Crippen LogP contribution in [0.4, 0.5) is 5.69 Å². The van der Waals surface area contributed by atoms with E-state index in [1.54, 1.807) is 11.3 Å². The Morgan fingerprint density at radius 1 is 0.935 bits per heavy atom. The van der Waals surface area contributed by atoms with Gasteiger partial charge in [0, 0.05) is 11.3 Å². The Kier molecular flexibility index (Phi) is 5.10. The predicted molar refractivity (Wildman–Crippen MR) is 128 cm³/mol. The Morgan fingerprint density at radius 3 is 2.58 bits per heavy atom. The first-order valence-corrected chi connectivity index (χ1v) is 10.9. The van der Waals surface area contributed by atoms with Gasteiger partial charge in [0.2, 0.25) is 0 Å². The Bertz CT molecular complexity index is 1370. The largest absolute Gasteiger partial charge is 0.484 e. The molecule has 4 nitrogen and oxygen atoms in total. The van der Waals surface area contributed by atoms with Gasteiger partial charge in [0.1, 0.15) is 10.8 Å². The molecular formula is C26H20N2O2S. The van der Waals surface area contributed by atoms with Crippen molar-refractivity contribution >= 4 is 43.9 Å². The smallest absolute Gasteiger partial charge is 0.262 e. The first-order valence-electron chi connectivity index (χ1n) is 10.0. The van der Waals surface area contributed by atoms with E-state index in [0.717, 1.165) is 38.1 Å². The standard InChI is InChI=1S/C26H20N2O2S/c1-17-14-20(26-28-23-8-4-5-9-24(23)31-26)11-13-22(17)27-25(29)16-30-21-12-10-18-6-2-3-7-19(18)15-21/h2-15H,16H2,1H3,(H,27,29). The van der Waals surface area contributed by atoms with Crippen LogP contribution in [0.15, 0.2) is 84.9 Å². The number of carbonyl (C=O) groups is 1. The van der Waals surface area contributed by atoms with Gasteiger partial charge in [-0.25, -0.2) is 4.98 Å². The van der Waals surface area contributed by atoms with E-state index in [-0.39, 0.29) is 12.5 Å². The van der Waals surface area contributed by atoms with Crippen molar-refractivity contribution in [3.05, 3.63) is 90.5 Å². The van der Waals surface area contributed by atoms with Gasteiger partial charge in [0.15, 0.2) is 6.61 Å². The molecule has 0 spiro atoms. The summed E-state index contributed by atoms with van der Waals surface area (Å²) in [4.78, 5) is 17.1. The average molecular weight is 425 g/mol. The normalized spacial score (nSPS) is 11.0. The Labute approximate surface area is 184 Å². The van der Waals surface area contributed by atoms with E-state index >= 15 is 0 Å². The molecule has 5 rings (SSSR count). The van der Waals surface area contributed by atoms with Crippen LogP contribution < -0.4 is 10.1 Å². The lowest BCUT2D eigenvalue weighted by Crippen LogP contribution is -2.20. The molecule has 0 saturated heterocycles. The van der Waals surface area contributed by atoms with Crippen LogP contribution in [0.1, 0.15) is 5.56 Å². The van der Waals surface area contributed by atoms with E-state index in [1.165, 1.54) is 4.70 Å².